The van der Waals surface area contributed by atoms with E-state index in [0.717, 1.165) is 17.3 Å². The molecule has 14 heteroatoms. The van der Waals surface area contributed by atoms with Crippen LogP contribution in [0.4, 0.5) is 28.0 Å². The zero-order valence-corrected chi connectivity index (χ0v) is 24.8. The average molecular weight is 639 g/mol. The van der Waals surface area contributed by atoms with Gasteiger partial charge in [-0.05, 0) is 72.4 Å². The third-order valence-electron chi connectivity index (χ3n) is 7.43. The van der Waals surface area contributed by atoms with Gasteiger partial charge in [0.05, 0.1) is 22.7 Å². The first-order valence-electron chi connectivity index (χ1n) is 14.0. The number of carbonyl (C=O) groups excluding carboxylic acids is 2. The molecule has 1 aliphatic carbocycles. The molecule has 1 N–H and O–H groups in total. The molecule has 3 aromatic carbocycles. The number of aromatic nitrogens is 3. The van der Waals surface area contributed by atoms with E-state index < -0.39 is 23.7 Å². The van der Waals surface area contributed by atoms with Crippen LogP contribution in [0.2, 0.25) is 0 Å². The van der Waals surface area contributed by atoms with E-state index in [1.165, 1.54) is 58.4 Å². The number of hydrogen-bond donors (Lipinski definition) is 1. The lowest BCUT2D eigenvalue weighted by Crippen LogP contribution is -2.35. The first-order chi connectivity index (χ1) is 21.4. The van der Waals surface area contributed by atoms with E-state index in [-0.39, 0.29) is 28.5 Å². The van der Waals surface area contributed by atoms with Crippen LogP contribution in [0.5, 0.6) is 5.75 Å². The number of thioether (sulfide) groups is 1. The maximum atomic E-state index is 14.0. The Labute approximate surface area is 259 Å². The lowest BCUT2D eigenvalue weighted by Gasteiger charge is -2.22. The summed E-state index contributed by atoms with van der Waals surface area (Å²) in [6.07, 6.45) is -1.91. The predicted molar refractivity (Wildman–Crippen MR) is 161 cm³/mol. The van der Waals surface area contributed by atoms with E-state index in [0.29, 0.717) is 41.2 Å². The van der Waals surface area contributed by atoms with E-state index in [1.807, 2.05) is 38.1 Å². The fraction of sp³-hybridized carbons (Fsp3) is 0.258. The molecule has 2 fully saturated rings. The molecule has 6 rings (SSSR count). The maximum absolute atomic E-state index is 14.0. The van der Waals surface area contributed by atoms with Crippen LogP contribution in [0.1, 0.15) is 43.7 Å². The number of alkyl halides is 3. The Kier molecular flexibility index (Phi) is 7.85. The first kappa shape index (κ1) is 30.3. The van der Waals surface area contributed by atoms with Crippen molar-refractivity contribution < 1.29 is 31.9 Å². The Morgan fingerprint density at radius 1 is 1.07 bits per heavy atom. The van der Waals surface area contributed by atoms with Crippen molar-refractivity contribution in [2.24, 2.45) is 4.99 Å². The molecule has 0 unspecified atom stereocenters. The Morgan fingerprint density at radius 2 is 1.78 bits per heavy atom. The molecule has 3 amide bonds. The van der Waals surface area contributed by atoms with Crippen molar-refractivity contribution >= 4 is 34.6 Å². The third-order valence-corrected chi connectivity index (χ3v) is 8.36. The average Bonchev–Trinajstić information content (AvgIpc) is 3.43. The van der Waals surface area contributed by atoms with Crippen molar-refractivity contribution in [1.82, 2.24) is 20.1 Å². The van der Waals surface area contributed by atoms with E-state index in [9.17, 15) is 27.2 Å². The maximum Gasteiger partial charge on any atom is 0.573 e. The topological polar surface area (TPSA) is 102 Å². The van der Waals surface area contributed by atoms with Gasteiger partial charge in [-0.1, -0.05) is 49.9 Å². The van der Waals surface area contributed by atoms with Crippen molar-refractivity contribution in [1.29, 1.82) is 0 Å². The van der Waals surface area contributed by atoms with Gasteiger partial charge in [-0.15, -0.1) is 18.3 Å². The quantitative estimate of drug-likeness (QED) is 0.220. The molecule has 2 aliphatic rings. The van der Waals surface area contributed by atoms with Gasteiger partial charge < -0.3 is 10.1 Å². The smallest absolute Gasteiger partial charge is 0.406 e. The number of benzene rings is 3. The number of amides is 3. The number of aliphatic imine (C=N–C) groups is 1. The van der Waals surface area contributed by atoms with Crippen molar-refractivity contribution in [3.63, 3.8) is 0 Å². The Morgan fingerprint density at radius 3 is 2.42 bits per heavy atom. The minimum absolute atomic E-state index is 0.0564. The van der Waals surface area contributed by atoms with Crippen LogP contribution in [-0.4, -0.2) is 44.0 Å². The van der Waals surface area contributed by atoms with Gasteiger partial charge >= 0.3 is 12.4 Å². The number of ether oxygens (including phenoxy) is 1. The zero-order valence-electron chi connectivity index (χ0n) is 24.0. The molecule has 1 saturated heterocycles. The van der Waals surface area contributed by atoms with Gasteiger partial charge in [0.25, 0.3) is 0 Å². The van der Waals surface area contributed by atoms with E-state index >= 15 is 0 Å². The second-order valence-corrected chi connectivity index (χ2v) is 11.9. The third kappa shape index (κ3) is 6.55. The summed E-state index contributed by atoms with van der Waals surface area (Å²) in [6.45, 7) is 3.80. The first-order valence-corrected chi connectivity index (χ1v) is 14.9. The van der Waals surface area contributed by atoms with Gasteiger partial charge in [0.15, 0.2) is 11.0 Å². The molecule has 0 radical (unpaired) electrons. The van der Waals surface area contributed by atoms with Crippen LogP contribution >= 0.6 is 11.8 Å². The Bertz CT molecular complexity index is 1780. The van der Waals surface area contributed by atoms with Crippen LogP contribution in [-0.2, 0) is 10.3 Å². The second kappa shape index (κ2) is 11.7. The van der Waals surface area contributed by atoms with Crippen LogP contribution < -0.4 is 15.0 Å². The van der Waals surface area contributed by atoms with Crippen molar-refractivity contribution in [2.75, 3.05) is 10.7 Å². The predicted octanol–water partition coefficient (Wildman–Crippen LogP) is 6.93. The Balaban J connectivity index is 1.15. The summed E-state index contributed by atoms with van der Waals surface area (Å²) in [5.41, 5.74) is 2.62. The molecular formula is C31H26F4N6O3S. The van der Waals surface area contributed by atoms with E-state index in [4.69, 9.17) is 0 Å². The molecule has 0 atom stereocenters. The molecule has 1 saturated carbocycles. The van der Waals surface area contributed by atoms with Gasteiger partial charge in [0.2, 0.25) is 5.91 Å². The van der Waals surface area contributed by atoms with Crippen LogP contribution in [0.15, 0.2) is 78.0 Å². The summed E-state index contributed by atoms with van der Waals surface area (Å²) in [6, 6.07) is 16.3. The molecule has 1 aliphatic heterocycles. The highest BCUT2D eigenvalue weighted by Gasteiger charge is 2.46. The minimum Gasteiger partial charge on any atom is -0.406 e. The molecule has 9 nitrogen and oxygen atoms in total. The van der Waals surface area contributed by atoms with Crippen LogP contribution in [0.25, 0.3) is 17.1 Å². The number of carbonyl (C=O) groups is 2. The molecule has 232 valence electrons. The summed E-state index contributed by atoms with van der Waals surface area (Å²) in [4.78, 5) is 35.8. The monoisotopic (exact) mass is 638 g/mol. The van der Waals surface area contributed by atoms with Crippen molar-refractivity contribution in [2.45, 2.75) is 44.5 Å². The van der Waals surface area contributed by atoms with Crippen molar-refractivity contribution in [3.8, 4) is 22.8 Å². The number of urea groups is 1. The lowest BCUT2D eigenvalue weighted by molar-refractivity contribution is -0.274. The highest BCUT2D eigenvalue weighted by atomic mass is 32.2. The summed E-state index contributed by atoms with van der Waals surface area (Å²) in [5, 5.41) is 7.66. The number of nitrogens with one attached hydrogen (secondary N) is 1. The summed E-state index contributed by atoms with van der Waals surface area (Å²) < 4.78 is 56.6. The van der Waals surface area contributed by atoms with Gasteiger partial charge in [0.1, 0.15) is 17.9 Å². The largest absolute Gasteiger partial charge is 0.573 e. The fourth-order valence-electron chi connectivity index (χ4n) is 5.06. The fourth-order valence-corrected chi connectivity index (χ4v) is 5.92. The summed E-state index contributed by atoms with van der Waals surface area (Å²) in [7, 11) is 0. The van der Waals surface area contributed by atoms with Gasteiger partial charge in [0, 0.05) is 5.56 Å². The SMILES string of the molecule is CC(C)c1cc(F)ccc1N1C(=O)CS/C1=N\C(=O)NC1(c2ccc(-c3ncn(-c4ccc(OC(F)(F)F)cc4)n3)cc2)CC1. The lowest BCUT2D eigenvalue weighted by atomic mass is 10.0. The number of anilines is 1. The van der Waals surface area contributed by atoms with Gasteiger partial charge in [-0.25, -0.2) is 18.9 Å². The minimum atomic E-state index is -4.77. The molecule has 0 spiro atoms. The number of hydrogen-bond acceptors (Lipinski definition) is 6. The van der Waals surface area contributed by atoms with Crippen molar-refractivity contribution in [3.05, 3.63) is 90.0 Å². The molecule has 45 heavy (non-hydrogen) atoms. The Hall–Kier alpha value is -4.72. The molecule has 1 aromatic heterocycles. The number of nitrogens with zero attached hydrogens (tertiary/aromatic N) is 5. The summed E-state index contributed by atoms with van der Waals surface area (Å²) >= 11 is 1.16. The summed E-state index contributed by atoms with van der Waals surface area (Å²) in [5.74, 6) is -0.510. The van der Waals surface area contributed by atoms with Crippen LogP contribution in [0, 0.1) is 5.82 Å². The van der Waals surface area contributed by atoms with Gasteiger partial charge in [-0.2, -0.15) is 4.99 Å². The van der Waals surface area contributed by atoms with E-state index in [1.54, 1.807) is 0 Å². The standard InChI is InChI=1S/C31H26F4N6O3S/c1-18(2)24-15-21(32)7-12-25(24)41-26(42)16-45-29(41)37-28(43)38-30(13-14-30)20-5-3-19(4-6-20)27-36-17-40(39-27)22-8-10-23(11-9-22)44-31(33,34)35/h3-12,15,17-18H,13-14,16H2,1-2H3,(H,38,43)/b37-29-. The highest BCUT2D eigenvalue weighted by Crippen LogP contribution is 2.46. The van der Waals surface area contributed by atoms with Crippen LogP contribution in [0.3, 0.4) is 0 Å². The second-order valence-electron chi connectivity index (χ2n) is 10.9. The highest BCUT2D eigenvalue weighted by molar-refractivity contribution is 8.15. The molecule has 2 heterocycles. The van der Waals surface area contributed by atoms with Gasteiger partial charge in [-0.3, -0.25) is 9.69 Å². The molecule has 0 bridgehead atoms. The number of halogens is 4. The van der Waals surface area contributed by atoms with E-state index in [2.05, 4.69) is 25.1 Å². The number of rotatable bonds is 7. The molecule has 4 aromatic rings. The molecular weight excluding hydrogens is 612 g/mol. The number of amidine groups is 1. The zero-order chi connectivity index (χ0) is 31.9. The normalized spacial score (nSPS) is 16.8.